The van der Waals surface area contributed by atoms with Crippen molar-refractivity contribution >= 4 is 29.9 Å². The number of hydrogen-bond acceptors (Lipinski definition) is 3. The fourth-order valence-electron chi connectivity index (χ4n) is 3.34. The number of halogens is 4. The van der Waals surface area contributed by atoms with E-state index in [4.69, 9.17) is 0 Å². The Morgan fingerprint density at radius 2 is 2.17 bits per heavy atom. The third-order valence-corrected chi connectivity index (χ3v) is 5.02. The molecular formula is C19H26F3IN6. The molecule has 0 saturated heterocycles. The van der Waals surface area contributed by atoms with Gasteiger partial charge in [-0.15, -0.1) is 24.0 Å². The Kier molecular flexibility index (Phi) is 8.29. The molecule has 0 fully saturated rings. The lowest BCUT2D eigenvalue weighted by molar-refractivity contribution is -0.137. The van der Waals surface area contributed by atoms with Gasteiger partial charge in [-0.1, -0.05) is 25.1 Å². The van der Waals surface area contributed by atoms with Crippen LogP contribution in [0.2, 0.25) is 0 Å². The molecule has 2 N–H and O–H groups in total. The van der Waals surface area contributed by atoms with Gasteiger partial charge >= 0.3 is 6.18 Å². The van der Waals surface area contributed by atoms with Crippen LogP contribution < -0.4 is 10.6 Å². The van der Waals surface area contributed by atoms with Crippen molar-refractivity contribution in [2.24, 2.45) is 4.99 Å². The number of rotatable bonds is 5. The lowest BCUT2D eigenvalue weighted by Crippen LogP contribution is -2.47. The highest BCUT2D eigenvalue weighted by molar-refractivity contribution is 14.0. The number of hydrogen-bond donors (Lipinski definition) is 2. The molecule has 0 bridgehead atoms. The fraction of sp³-hybridized carbons (Fsp3) is 0.526. The van der Waals surface area contributed by atoms with Gasteiger partial charge in [0.05, 0.1) is 12.1 Å². The van der Waals surface area contributed by atoms with Crippen molar-refractivity contribution in [3.8, 4) is 0 Å². The molecular weight excluding hydrogens is 496 g/mol. The van der Waals surface area contributed by atoms with Gasteiger partial charge in [-0.3, -0.25) is 4.99 Å². The molecule has 0 aliphatic carbocycles. The van der Waals surface area contributed by atoms with E-state index in [-0.39, 0.29) is 35.9 Å². The largest absolute Gasteiger partial charge is 0.416 e. The van der Waals surface area contributed by atoms with E-state index in [2.05, 4.69) is 25.7 Å². The zero-order valence-electron chi connectivity index (χ0n) is 16.4. The molecule has 0 spiro atoms. The van der Waals surface area contributed by atoms with Crippen LogP contribution in [0.25, 0.3) is 0 Å². The van der Waals surface area contributed by atoms with E-state index in [0.29, 0.717) is 24.5 Å². The first-order chi connectivity index (χ1) is 13.4. The van der Waals surface area contributed by atoms with Crippen molar-refractivity contribution in [2.45, 2.75) is 50.9 Å². The Hall–Kier alpha value is -1.85. The predicted molar refractivity (Wildman–Crippen MR) is 117 cm³/mol. The van der Waals surface area contributed by atoms with Crippen molar-refractivity contribution in [1.82, 2.24) is 25.4 Å². The second-order valence-corrected chi connectivity index (χ2v) is 7.05. The number of nitrogens with one attached hydrogen (secondary N) is 2. The van der Waals surface area contributed by atoms with Crippen LogP contribution in [0.3, 0.4) is 0 Å². The zero-order chi connectivity index (χ0) is 20.1. The second-order valence-electron chi connectivity index (χ2n) is 7.05. The van der Waals surface area contributed by atoms with Crippen molar-refractivity contribution < 1.29 is 13.2 Å². The summed E-state index contributed by atoms with van der Waals surface area (Å²) >= 11 is 0. The molecule has 1 aliphatic heterocycles. The average Bonchev–Trinajstić information content (AvgIpc) is 3.14. The standard InChI is InChI=1S/C19H25F3N6.HI/c1-13(14-4-3-5-15(10-14)19(20,21)22)8-9-24-18(23-2)27-16-6-7-17-25-12-26-28(17)11-16;/h3-5,10,12-13,16H,6-9,11H2,1-2H3,(H2,23,24,27);1H. The molecule has 2 unspecified atom stereocenters. The molecule has 1 aliphatic rings. The van der Waals surface area contributed by atoms with Gasteiger partial charge in [0.1, 0.15) is 12.2 Å². The number of aryl methyl sites for hydroxylation is 1. The maximum atomic E-state index is 12.9. The van der Waals surface area contributed by atoms with Crippen LogP contribution >= 0.6 is 24.0 Å². The lowest BCUT2D eigenvalue weighted by atomic mass is 9.96. The first-order valence-electron chi connectivity index (χ1n) is 9.38. The summed E-state index contributed by atoms with van der Waals surface area (Å²) in [7, 11) is 1.70. The Morgan fingerprint density at radius 1 is 1.38 bits per heavy atom. The van der Waals surface area contributed by atoms with E-state index in [1.165, 1.54) is 12.1 Å². The molecule has 29 heavy (non-hydrogen) atoms. The monoisotopic (exact) mass is 522 g/mol. The van der Waals surface area contributed by atoms with Gasteiger partial charge in [-0.25, -0.2) is 9.67 Å². The van der Waals surface area contributed by atoms with Gasteiger partial charge in [-0.05, 0) is 30.4 Å². The minimum atomic E-state index is -4.32. The highest BCUT2D eigenvalue weighted by Crippen LogP contribution is 2.31. The fourth-order valence-corrected chi connectivity index (χ4v) is 3.34. The van der Waals surface area contributed by atoms with E-state index < -0.39 is 11.7 Å². The quantitative estimate of drug-likeness (QED) is 0.358. The summed E-state index contributed by atoms with van der Waals surface area (Å²) in [5.74, 6) is 1.68. The normalized spacial score (nSPS) is 17.8. The summed E-state index contributed by atoms with van der Waals surface area (Å²) in [6.07, 6.45) is -0.245. The van der Waals surface area contributed by atoms with Crippen LogP contribution in [0.1, 0.15) is 42.6 Å². The van der Waals surface area contributed by atoms with E-state index >= 15 is 0 Å². The van der Waals surface area contributed by atoms with Crippen LogP contribution in [0.15, 0.2) is 35.6 Å². The molecule has 2 aromatic rings. The maximum absolute atomic E-state index is 12.9. The first-order valence-corrected chi connectivity index (χ1v) is 9.38. The van der Waals surface area contributed by atoms with E-state index in [1.807, 2.05) is 11.6 Å². The van der Waals surface area contributed by atoms with Gasteiger partial charge < -0.3 is 10.6 Å². The summed E-state index contributed by atoms with van der Waals surface area (Å²) < 4.78 is 40.5. The van der Waals surface area contributed by atoms with Crippen LogP contribution in [-0.2, 0) is 19.1 Å². The number of fused-ring (bicyclic) bond motifs is 1. The number of aliphatic imine (C=N–C) groups is 1. The summed E-state index contributed by atoms with van der Waals surface area (Å²) in [5.41, 5.74) is 0.0811. The van der Waals surface area contributed by atoms with Crippen LogP contribution in [-0.4, -0.2) is 40.4 Å². The number of guanidine groups is 1. The van der Waals surface area contributed by atoms with Crippen LogP contribution in [0.5, 0.6) is 0 Å². The number of nitrogens with zero attached hydrogens (tertiary/aromatic N) is 4. The molecule has 0 saturated carbocycles. The topological polar surface area (TPSA) is 67.1 Å². The van der Waals surface area contributed by atoms with Gasteiger partial charge in [0.2, 0.25) is 0 Å². The molecule has 1 aromatic carbocycles. The molecule has 0 radical (unpaired) electrons. The predicted octanol–water partition coefficient (Wildman–Crippen LogP) is 3.59. The summed E-state index contributed by atoms with van der Waals surface area (Å²) in [4.78, 5) is 8.46. The molecule has 160 valence electrons. The van der Waals surface area contributed by atoms with Crippen molar-refractivity contribution in [2.75, 3.05) is 13.6 Å². The molecule has 6 nitrogen and oxygen atoms in total. The number of benzene rings is 1. The Bertz CT molecular complexity index is 820. The Labute approximate surface area is 185 Å². The number of aromatic nitrogens is 3. The summed E-state index contributed by atoms with van der Waals surface area (Å²) in [6, 6.07) is 5.75. The minimum Gasteiger partial charge on any atom is -0.356 e. The summed E-state index contributed by atoms with van der Waals surface area (Å²) in [5, 5.41) is 10.8. The third-order valence-electron chi connectivity index (χ3n) is 5.02. The SMILES string of the molecule is CN=C(NCCC(C)c1cccc(C(F)(F)F)c1)NC1CCc2ncnn2C1.I. The molecule has 3 rings (SSSR count). The van der Waals surface area contributed by atoms with E-state index in [0.717, 1.165) is 31.3 Å². The Morgan fingerprint density at radius 3 is 2.90 bits per heavy atom. The summed E-state index contributed by atoms with van der Waals surface area (Å²) in [6.45, 7) is 3.27. The lowest BCUT2D eigenvalue weighted by Gasteiger charge is -2.25. The van der Waals surface area contributed by atoms with Crippen LogP contribution in [0.4, 0.5) is 13.2 Å². The van der Waals surface area contributed by atoms with Gasteiger partial charge in [-0.2, -0.15) is 18.3 Å². The second kappa shape index (κ2) is 10.3. The Balaban J connectivity index is 0.00000300. The zero-order valence-corrected chi connectivity index (χ0v) is 18.7. The molecule has 1 aromatic heterocycles. The van der Waals surface area contributed by atoms with Gasteiger partial charge in [0.25, 0.3) is 0 Å². The van der Waals surface area contributed by atoms with E-state index in [1.54, 1.807) is 19.4 Å². The smallest absolute Gasteiger partial charge is 0.356 e. The maximum Gasteiger partial charge on any atom is 0.416 e. The first kappa shape index (κ1) is 23.4. The number of alkyl halides is 3. The highest BCUT2D eigenvalue weighted by Gasteiger charge is 2.30. The van der Waals surface area contributed by atoms with Gasteiger partial charge in [0, 0.05) is 26.1 Å². The third kappa shape index (κ3) is 6.31. The van der Waals surface area contributed by atoms with Gasteiger partial charge in [0.15, 0.2) is 5.96 Å². The van der Waals surface area contributed by atoms with Crippen molar-refractivity contribution in [3.05, 3.63) is 47.5 Å². The van der Waals surface area contributed by atoms with Crippen molar-refractivity contribution in [1.29, 1.82) is 0 Å². The van der Waals surface area contributed by atoms with Crippen LogP contribution in [0, 0.1) is 0 Å². The molecule has 2 heterocycles. The molecule has 10 heteroatoms. The molecule has 2 atom stereocenters. The minimum absolute atomic E-state index is 0. The molecule has 0 amide bonds. The van der Waals surface area contributed by atoms with E-state index in [9.17, 15) is 13.2 Å². The average molecular weight is 522 g/mol. The van der Waals surface area contributed by atoms with Crippen molar-refractivity contribution in [3.63, 3.8) is 0 Å². The highest BCUT2D eigenvalue weighted by atomic mass is 127.